The quantitative estimate of drug-likeness (QED) is 0.241. The fraction of sp³-hybridized carbons (Fsp3) is 1.00. The number of methoxy groups -OCH3 is 2. The van der Waals surface area contributed by atoms with Crippen molar-refractivity contribution in [2.75, 3.05) is 27.4 Å². The van der Waals surface area contributed by atoms with Crippen molar-refractivity contribution in [2.45, 2.75) is 61.4 Å². The van der Waals surface area contributed by atoms with E-state index in [0.29, 0.717) is 0 Å². The average Bonchev–Trinajstić information content (AvgIpc) is 2.97. The molecule has 0 aromatic rings. The third-order valence-corrected chi connectivity index (χ3v) is 4.38. The SMILES string of the molecule is COC(OC)[C@@H](O)[C@H]1OC[C@@H](O)[C@@H]1O[C@@H]1O[C@H](CO)[C@@H](O)[C@H](O)[C@H]1O. The molecule has 0 bridgehead atoms. The van der Waals surface area contributed by atoms with Gasteiger partial charge in [-0.25, -0.2) is 0 Å². The maximum atomic E-state index is 10.3. The number of rotatable bonds is 7. The van der Waals surface area contributed by atoms with Crippen LogP contribution in [0.2, 0.25) is 0 Å². The fourth-order valence-corrected chi connectivity index (χ4v) is 2.94. The second-order valence-electron chi connectivity index (χ2n) is 5.99. The van der Waals surface area contributed by atoms with Crippen LogP contribution in [0.15, 0.2) is 0 Å². The molecule has 2 heterocycles. The van der Waals surface area contributed by atoms with E-state index in [2.05, 4.69) is 0 Å². The molecule has 0 aliphatic carbocycles. The molecule has 148 valence electrons. The number of hydrogen-bond donors (Lipinski definition) is 6. The van der Waals surface area contributed by atoms with Gasteiger partial charge in [0, 0.05) is 14.2 Å². The van der Waals surface area contributed by atoms with Crippen LogP contribution in [-0.2, 0) is 23.7 Å². The van der Waals surface area contributed by atoms with Crippen molar-refractivity contribution < 1.29 is 54.3 Å². The summed E-state index contributed by atoms with van der Waals surface area (Å²) in [7, 11) is 2.63. The van der Waals surface area contributed by atoms with Gasteiger partial charge in [-0.05, 0) is 0 Å². The molecule has 6 N–H and O–H groups in total. The highest BCUT2D eigenvalue weighted by Gasteiger charge is 2.50. The van der Waals surface area contributed by atoms with Crippen molar-refractivity contribution in [2.24, 2.45) is 0 Å². The summed E-state index contributed by atoms with van der Waals surface area (Å²) in [6.07, 6.45) is -13.1. The van der Waals surface area contributed by atoms with Gasteiger partial charge in [-0.1, -0.05) is 0 Å². The number of ether oxygens (including phenoxy) is 5. The molecular formula is C14H26O11. The number of aliphatic hydroxyl groups excluding tert-OH is 6. The van der Waals surface area contributed by atoms with Crippen LogP contribution in [0, 0.1) is 0 Å². The van der Waals surface area contributed by atoms with Crippen LogP contribution in [0.5, 0.6) is 0 Å². The number of aliphatic hydroxyl groups is 6. The lowest BCUT2D eigenvalue weighted by atomic mass is 9.99. The second kappa shape index (κ2) is 8.97. The molecule has 25 heavy (non-hydrogen) atoms. The topological polar surface area (TPSA) is 168 Å². The summed E-state index contributed by atoms with van der Waals surface area (Å²) < 4.78 is 26.0. The van der Waals surface area contributed by atoms with Gasteiger partial charge in [-0.2, -0.15) is 0 Å². The normalized spacial score (nSPS) is 43.6. The van der Waals surface area contributed by atoms with E-state index in [4.69, 9.17) is 23.7 Å². The van der Waals surface area contributed by atoms with Crippen LogP contribution in [-0.4, -0.2) is 119 Å². The molecule has 9 atom stereocenters. The van der Waals surface area contributed by atoms with Gasteiger partial charge in [0.2, 0.25) is 0 Å². The van der Waals surface area contributed by atoms with Gasteiger partial charge in [0.1, 0.15) is 48.8 Å². The minimum absolute atomic E-state index is 0.149. The Balaban J connectivity index is 2.10. The predicted molar refractivity (Wildman–Crippen MR) is 78.2 cm³/mol. The fourth-order valence-electron chi connectivity index (χ4n) is 2.94. The third kappa shape index (κ3) is 4.28. The summed E-state index contributed by atoms with van der Waals surface area (Å²) in [4.78, 5) is 0. The minimum Gasteiger partial charge on any atom is -0.394 e. The van der Waals surface area contributed by atoms with Crippen molar-refractivity contribution in [1.82, 2.24) is 0 Å². The summed E-state index contributed by atoms with van der Waals surface area (Å²) in [6.45, 7) is -0.764. The second-order valence-corrected chi connectivity index (χ2v) is 5.99. The molecule has 2 aliphatic rings. The van der Waals surface area contributed by atoms with Gasteiger partial charge in [-0.15, -0.1) is 0 Å². The summed E-state index contributed by atoms with van der Waals surface area (Å²) in [5.41, 5.74) is 0. The Morgan fingerprint density at radius 1 is 1.04 bits per heavy atom. The van der Waals surface area contributed by atoms with E-state index >= 15 is 0 Å². The van der Waals surface area contributed by atoms with E-state index in [0.717, 1.165) is 0 Å². The minimum atomic E-state index is -1.64. The standard InChI is InChI=1S/C14H26O11/c1-21-13(22-2)10(20)12-11(5(16)4-23-12)25-14-9(19)8(18)7(17)6(3-15)24-14/h5-20H,3-4H2,1-2H3/t5-,6-,7-,8+,9-,10+,11+,12-,14+/m1/s1. The first kappa shape index (κ1) is 20.9. The Bertz CT molecular complexity index is 404. The third-order valence-electron chi connectivity index (χ3n) is 4.38. The zero-order chi connectivity index (χ0) is 18.7. The lowest BCUT2D eigenvalue weighted by Crippen LogP contribution is -2.61. The smallest absolute Gasteiger partial charge is 0.187 e. The van der Waals surface area contributed by atoms with Crippen LogP contribution in [0.1, 0.15) is 0 Å². The van der Waals surface area contributed by atoms with Crippen molar-refractivity contribution in [3.05, 3.63) is 0 Å². The molecule has 0 aromatic carbocycles. The first-order chi connectivity index (χ1) is 11.8. The monoisotopic (exact) mass is 370 g/mol. The van der Waals surface area contributed by atoms with Crippen molar-refractivity contribution >= 4 is 0 Å². The molecule has 0 aromatic heterocycles. The van der Waals surface area contributed by atoms with Crippen LogP contribution in [0.4, 0.5) is 0 Å². The maximum absolute atomic E-state index is 10.3. The summed E-state index contributed by atoms with van der Waals surface area (Å²) in [6, 6.07) is 0. The van der Waals surface area contributed by atoms with E-state index in [1.165, 1.54) is 14.2 Å². The Kier molecular flexibility index (Phi) is 7.49. The number of hydrogen-bond acceptors (Lipinski definition) is 11. The van der Waals surface area contributed by atoms with Gasteiger partial charge in [-0.3, -0.25) is 0 Å². The molecule has 11 nitrogen and oxygen atoms in total. The molecular weight excluding hydrogens is 344 g/mol. The predicted octanol–water partition coefficient (Wildman–Crippen LogP) is -4.09. The van der Waals surface area contributed by atoms with Crippen LogP contribution in [0.25, 0.3) is 0 Å². The Morgan fingerprint density at radius 2 is 1.68 bits per heavy atom. The Labute approximate surface area is 144 Å². The van der Waals surface area contributed by atoms with Gasteiger partial charge >= 0.3 is 0 Å². The maximum Gasteiger partial charge on any atom is 0.187 e. The van der Waals surface area contributed by atoms with E-state index in [1.54, 1.807) is 0 Å². The summed E-state index contributed by atoms with van der Waals surface area (Å²) >= 11 is 0. The molecule has 2 aliphatic heterocycles. The highest BCUT2D eigenvalue weighted by molar-refractivity contribution is 4.94. The molecule has 0 saturated carbocycles. The van der Waals surface area contributed by atoms with Crippen LogP contribution < -0.4 is 0 Å². The van der Waals surface area contributed by atoms with Gasteiger partial charge < -0.3 is 54.3 Å². The summed E-state index contributed by atoms with van der Waals surface area (Å²) in [5, 5.41) is 59.1. The van der Waals surface area contributed by atoms with Crippen LogP contribution in [0.3, 0.4) is 0 Å². The molecule has 0 unspecified atom stereocenters. The lowest BCUT2D eigenvalue weighted by Gasteiger charge is -2.41. The lowest BCUT2D eigenvalue weighted by molar-refractivity contribution is -0.321. The highest BCUT2D eigenvalue weighted by Crippen LogP contribution is 2.29. The molecule has 0 radical (unpaired) electrons. The molecule has 0 spiro atoms. The molecule has 2 rings (SSSR count). The van der Waals surface area contributed by atoms with Crippen molar-refractivity contribution in [1.29, 1.82) is 0 Å². The molecule has 2 saturated heterocycles. The van der Waals surface area contributed by atoms with Crippen molar-refractivity contribution in [3.8, 4) is 0 Å². The van der Waals surface area contributed by atoms with Crippen LogP contribution >= 0.6 is 0 Å². The van der Waals surface area contributed by atoms with E-state index in [1.807, 2.05) is 0 Å². The molecule has 0 amide bonds. The average molecular weight is 370 g/mol. The van der Waals surface area contributed by atoms with Crippen molar-refractivity contribution in [3.63, 3.8) is 0 Å². The van der Waals surface area contributed by atoms with E-state index in [-0.39, 0.29) is 6.61 Å². The largest absolute Gasteiger partial charge is 0.394 e. The Morgan fingerprint density at radius 3 is 2.24 bits per heavy atom. The van der Waals surface area contributed by atoms with Gasteiger partial charge in [0.05, 0.1) is 13.2 Å². The van der Waals surface area contributed by atoms with E-state index < -0.39 is 68.0 Å². The zero-order valence-electron chi connectivity index (χ0n) is 13.9. The zero-order valence-corrected chi connectivity index (χ0v) is 13.9. The Hall–Kier alpha value is -0.440. The van der Waals surface area contributed by atoms with E-state index in [9.17, 15) is 30.6 Å². The molecule has 11 heteroatoms. The van der Waals surface area contributed by atoms with Gasteiger partial charge in [0.25, 0.3) is 0 Å². The summed E-state index contributed by atoms with van der Waals surface area (Å²) in [5.74, 6) is 0. The first-order valence-corrected chi connectivity index (χ1v) is 7.85. The highest BCUT2D eigenvalue weighted by atomic mass is 16.7. The van der Waals surface area contributed by atoms with Gasteiger partial charge in [0.15, 0.2) is 12.6 Å². The molecule has 2 fully saturated rings. The first-order valence-electron chi connectivity index (χ1n) is 7.85.